The second-order valence-electron chi connectivity index (χ2n) is 2.85. The van der Waals surface area contributed by atoms with Gasteiger partial charge in [-0.3, -0.25) is 0 Å². The van der Waals surface area contributed by atoms with Crippen LogP contribution in [0.2, 0.25) is 0 Å². The quantitative estimate of drug-likeness (QED) is 0.523. The fourth-order valence-corrected chi connectivity index (χ4v) is 1.07. The third-order valence-electron chi connectivity index (χ3n) is 1.44. The smallest absolute Gasteiger partial charge is 0.106 e. The highest BCUT2D eigenvalue weighted by atomic mass is 16.6. The summed E-state index contributed by atoms with van der Waals surface area (Å²) in [5.74, 6) is 0. The molecular weight excluding hydrogens is 116 g/mol. The third-order valence-corrected chi connectivity index (χ3v) is 1.44. The van der Waals surface area contributed by atoms with Crippen molar-refractivity contribution in [2.75, 3.05) is 7.11 Å². The summed E-state index contributed by atoms with van der Waals surface area (Å²) in [6.07, 6.45) is 1.75. The summed E-state index contributed by atoms with van der Waals surface area (Å²) in [6.45, 7) is 2.02. The van der Waals surface area contributed by atoms with E-state index in [0.717, 1.165) is 18.6 Å². The largest absolute Gasteiger partial charge is 0.399 e. The molecule has 9 heavy (non-hydrogen) atoms. The maximum atomic E-state index is 5.71. The van der Waals surface area contributed by atoms with Crippen LogP contribution in [0, 0.1) is 0 Å². The van der Waals surface area contributed by atoms with Crippen molar-refractivity contribution in [2.24, 2.45) is 10.9 Å². The van der Waals surface area contributed by atoms with Crippen molar-refractivity contribution in [3.8, 4) is 0 Å². The first kappa shape index (κ1) is 6.55. The number of hydrogen-bond acceptors (Lipinski definition) is 3. The average molecular weight is 128 g/mol. The van der Waals surface area contributed by atoms with E-state index in [-0.39, 0.29) is 5.54 Å². The molecule has 2 N–H and O–H groups in total. The van der Waals surface area contributed by atoms with Gasteiger partial charge in [-0.05, 0) is 6.92 Å². The second kappa shape index (κ2) is 1.99. The standard InChI is InChI=1S/C6H12N2O/c1-6(7)3-5(4-6)8-9-2/h3-4,7H2,1-2H3. The van der Waals surface area contributed by atoms with Crippen LogP contribution in [0.5, 0.6) is 0 Å². The minimum absolute atomic E-state index is 0.0165. The van der Waals surface area contributed by atoms with Gasteiger partial charge in [0.15, 0.2) is 0 Å². The molecule has 0 aromatic carbocycles. The van der Waals surface area contributed by atoms with Crippen molar-refractivity contribution in [3.63, 3.8) is 0 Å². The number of nitrogens with zero attached hydrogens (tertiary/aromatic N) is 1. The van der Waals surface area contributed by atoms with E-state index < -0.39 is 0 Å². The molecule has 1 aliphatic rings. The number of rotatable bonds is 1. The van der Waals surface area contributed by atoms with Gasteiger partial charge in [-0.25, -0.2) is 0 Å². The number of nitrogens with two attached hydrogens (primary N) is 1. The summed E-state index contributed by atoms with van der Waals surface area (Å²) in [6, 6.07) is 0. The lowest BCUT2D eigenvalue weighted by molar-refractivity contribution is 0.205. The SMILES string of the molecule is CON=C1CC(C)(N)C1. The van der Waals surface area contributed by atoms with Crippen molar-refractivity contribution in [2.45, 2.75) is 25.3 Å². The highest BCUT2D eigenvalue weighted by Crippen LogP contribution is 2.25. The van der Waals surface area contributed by atoms with Crippen LogP contribution in [0.4, 0.5) is 0 Å². The molecular formula is C6H12N2O. The predicted octanol–water partition coefficient (Wildman–Crippen LogP) is 0.500. The molecule has 0 aromatic heterocycles. The van der Waals surface area contributed by atoms with E-state index in [1.807, 2.05) is 6.92 Å². The van der Waals surface area contributed by atoms with E-state index in [9.17, 15) is 0 Å². The number of hydrogen-bond donors (Lipinski definition) is 1. The molecule has 0 aliphatic heterocycles. The van der Waals surface area contributed by atoms with Crippen molar-refractivity contribution in [1.82, 2.24) is 0 Å². The molecule has 52 valence electrons. The molecule has 1 aliphatic carbocycles. The van der Waals surface area contributed by atoms with E-state index in [1.165, 1.54) is 0 Å². The summed E-state index contributed by atoms with van der Waals surface area (Å²) in [5, 5.41) is 3.76. The minimum Gasteiger partial charge on any atom is -0.399 e. The lowest BCUT2D eigenvalue weighted by atomic mass is 9.78. The van der Waals surface area contributed by atoms with Crippen LogP contribution in [-0.4, -0.2) is 18.4 Å². The number of oxime groups is 1. The van der Waals surface area contributed by atoms with Crippen LogP contribution < -0.4 is 5.73 Å². The Morgan fingerprint density at radius 2 is 2.22 bits per heavy atom. The molecule has 0 spiro atoms. The van der Waals surface area contributed by atoms with Crippen molar-refractivity contribution in [3.05, 3.63) is 0 Å². The van der Waals surface area contributed by atoms with Gasteiger partial charge in [-0.15, -0.1) is 0 Å². The average Bonchev–Trinajstić information content (AvgIpc) is 1.62. The molecule has 0 saturated heterocycles. The zero-order valence-corrected chi connectivity index (χ0v) is 5.85. The van der Waals surface area contributed by atoms with Gasteiger partial charge in [-0.1, -0.05) is 5.16 Å². The summed E-state index contributed by atoms with van der Waals surface area (Å²) in [7, 11) is 1.55. The monoisotopic (exact) mass is 128 g/mol. The minimum atomic E-state index is -0.0165. The van der Waals surface area contributed by atoms with Gasteiger partial charge in [0, 0.05) is 18.4 Å². The van der Waals surface area contributed by atoms with Crippen LogP contribution in [0.15, 0.2) is 5.16 Å². The van der Waals surface area contributed by atoms with Crippen molar-refractivity contribution < 1.29 is 4.84 Å². The summed E-state index contributed by atoms with van der Waals surface area (Å²) in [5.41, 5.74) is 6.76. The highest BCUT2D eigenvalue weighted by Gasteiger charge is 2.33. The first-order valence-electron chi connectivity index (χ1n) is 3.02. The Morgan fingerprint density at radius 3 is 2.56 bits per heavy atom. The van der Waals surface area contributed by atoms with Gasteiger partial charge in [0.05, 0.1) is 5.71 Å². The highest BCUT2D eigenvalue weighted by molar-refractivity contribution is 5.92. The molecule has 0 unspecified atom stereocenters. The fourth-order valence-electron chi connectivity index (χ4n) is 1.07. The third kappa shape index (κ3) is 1.42. The molecule has 0 bridgehead atoms. The van der Waals surface area contributed by atoms with Gasteiger partial charge in [0.2, 0.25) is 0 Å². The van der Waals surface area contributed by atoms with E-state index >= 15 is 0 Å². The van der Waals surface area contributed by atoms with Crippen LogP contribution in [0.3, 0.4) is 0 Å². The molecule has 3 heteroatoms. The van der Waals surface area contributed by atoms with Gasteiger partial charge in [0.1, 0.15) is 7.11 Å². The van der Waals surface area contributed by atoms with Crippen molar-refractivity contribution >= 4 is 5.71 Å². The molecule has 0 radical (unpaired) electrons. The zero-order valence-electron chi connectivity index (χ0n) is 5.85. The topological polar surface area (TPSA) is 47.6 Å². The molecule has 0 aromatic rings. The van der Waals surface area contributed by atoms with Gasteiger partial charge in [0.25, 0.3) is 0 Å². The molecule has 3 nitrogen and oxygen atoms in total. The van der Waals surface area contributed by atoms with E-state index in [2.05, 4.69) is 9.99 Å². The molecule has 1 fully saturated rings. The van der Waals surface area contributed by atoms with Gasteiger partial charge < -0.3 is 10.6 Å². The van der Waals surface area contributed by atoms with E-state index in [0.29, 0.717) is 0 Å². The lowest BCUT2D eigenvalue weighted by Gasteiger charge is -2.34. The normalized spacial score (nSPS) is 33.4. The Morgan fingerprint density at radius 1 is 1.67 bits per heavy atom. The lowest BCUT2D eigenvalue weighted by Crippen LogP contribution is -2.49. The maximum Gasteiger partial charge on any atom is 0.106 e. The Kier molecular flexibility index (Phi) is 1.45. The zero-order chi connectivity index (χ0) is 6.91. The first-order chi connectivity index (χ1) is 4.14. The van der Waals surface area contributed by atoms with Crippen LogP contribution in [0.1, 0.15) is 19.8 Å². The predicted molar refractivity (Wildman–Crippen MR) is 36.3 cm³/mol. The maximum absolute atomic E-state index is 5.71. The molecule has 1 rings (SSSR count). The first-order valence-corrected chi connectivity index (χ1v) is 3.02. The summed E-state index contributed by atoms with van der Waals surface area (Å²) >= 11 is 0. The molecule has 0 atom stereocenters. The molecule has 0 amide bonds. The molecule has 0 heterocycles. The Bertz CT molecular complexity index is 130. The van der Waals surface area contributed by atoms with Crippen LogP contribution >= 0.6 is 0 Å². The van der Waals surface area contributed by atoms with Gasteiger partial charge >= 0.3 is 0 Å². The van der Waals surface area contributed by atoms with E-state index in [1.54, 1.807) is 7.11 Å². The Hall–Kier alpha value is -0.570. The summed E-state index contributed by atoms with van der Waals surface area (Å²) < 4.78 is 0. The second-order valence-corrected chi connectivity index (χ2v) is 2.85. The van der Waals surface area contributed by atoms with Crippen molar-refractivity contribution in [1.29, 1.82) is 0 Å². The van der Waals surface area contributed by atoms with Crippen LogP contribution in [0.25, 0.3) is 0 Å². The Labute approximate surface area is 54.9 Å². The van der Waals surface area contributed by atoms with Gasteiger partial charge in [-0.2, -0.15) is 0 Å². The molecule has 1 saturated carbocycles. The fraction of sp³-hybridized carbons (Fsp3) is 0.833. The van der Waals surface area contributed by atoms with E-state index in [4.69, 9.17) is 5.73 Å². The summed E-state index contributed by atoms with van der Waals surface area (Å²) in [4.78, 5) is 4.57. The Balaban J connectivity index is 2.35. The van der Waals surface area contributed by atoms with Crippen LogP contribution in [-0.2, 0) is 4.84 Å².